The number of aryl methyl sites for hydroxylation is 1. The van der Waals surface area contributed by atoms with Gasteiger partial charge < -0.3 is 5.32 Å². The normalized spacial score (nSPS) is 21.2. The molecule has 0 spiro atoms. The molecular formula is C14H19N5O3S2. The number of hydrogen-bond acceptors (Lipinski definition) is 7. The van der Waals surface area contributed by atoms with Crippen molar-refractivity contribution in [1.82, 2.24) is 25.9 Å². The molecule has 10 heteroatoms. The van der Waals surface area contributed by atoms with Gasteiger partial charge in [-0.05, 0) is 38.5 Å². The molecular weight excluding hydrogens is 350 g/mol. The summed E-state index contributed by atoms with van der Waals surface area (Å²) in [6.07, 6.45) is 0.536. The van der Waals surface area contributed by atoms with E-state index in [2.05, 4.69) is 25.9 Å². The highest BCUT2D eigenvalue weighted by atomic mass is 32.2. The smallest absolute Gasteiger partial charge is 0.241 e. The van der Waals surface area contributed by atoms with Crippen LogP contribution in [0.2, 0.25) is 0 Å². The summed E-state index contributed by atoms with van der Waals surface area (Å²) in [7, 11) is -3.75. The first-order chi connectivity index (χ1) is 11.3. The van der Waals surface area contributed by atoms with E-state index in [0.29, 0.717) is 0 Å². The molecule has 1 aromatic heterocycles. The second kappa shape index (κ2) is 6.73. The standard InChI is InChI=1S/C14H19N5O3S2/c1-8-5-13(19-18-8)17-14(20)7-15-24(21,22)10-3-4-11-12(6-10)23-9(2)16-11/h3-4,6,8,13,15,18-19H,5,7H2,1-2H3,(H,17,20). The molecule has 8 nitrogen and oxygen atoms in total. The van der Waals surface area contributed by atoms with E-state index >= 15 is 0 Å². The number of rotatable bonds is 5. The van der Waals surface area contributed by atoms with Crippen LogP contribution in [0.4, 0.5) is 0 Å². The van der Waals surface area contributed by atoms with Crippen LogP contribution in [0.15, 0.2) is 23.1 Å². The summed E-state index contributed by atoms with van der Waals surface area (Å²) in [5.41, 5.74) is 6.67. The average Bonchev–Trinajstić information content (AvgIpc) is 3.09. The molecule has 1 fully saturated rings. The number of nitrogens with zero attached hydrogens (tertiary/aromatic N) is 1. The Morgan fingerprint density at radius 2 is 2.21 bits per heavy atom. The SMILES string of the molecule is Cc1nc2ccc(S(=O)(=O)NCC(=O)NC3CC(C)NN3)cc2s1. The zero-order chi connectivity index (χ0) is 17.3. The number of hydrazine groups is 1. The summed E-state index contributed by atoms with van der Waals surface area (Å²) < 4.78 is 27.8. The van der Waals surface area contributed by atoms with E-state index in [0.717, 1.165) is 21.6 Å². The zero-order valence-electron chi connectivity index (χ0n) is 13.3. The number of aromatic nitrogens is 1. The molecule has 0 aliphatic carbocycles. The monoisotopic (exact) mass is 369 g/mol. The number of carbonyl (C=O) groups is 1. The van der Waals surface area contributed by atoms with Gasteiger partial charge in [0.25, 0.3) is 0 Å². The second-order valence-electron chi connectivity index (χ2n) is 5.73. The molecule has 2 aromatic rings. The maximum atomic E-state index is 12.3. The molecule has 1 aromatic carbocycles. The van der Waals surface area contributed by atoms with Gasteiger partial charge in [-0.1, -0.05) is 0 Å². The van der Waals surface area contributed by atoms with Gasteiger partial charge in [0.15, 0.2) is 0 Å². The van der Waals surface area contributed by atoms with Crippen molar-refractivity contribution < 1.29 is 13.2 Å². The lowest BCUT2D eigenvalue weighted by molar-refractivity contribution is -0.120. The van der Waals surface area contributed by atoms with Crippen LogP contribution in [0.5, 0.6) is 0 Å². The molecule has 0 saturated carbocycles. The molecule has 0 radical (unpaired) electrons. The first kappa shape index (κ1) is 17.2. The number of nitrogens with one attached hydrogen (secondary N) is 4. The summed E-state index contributed by atoms with van der Waals surface area (Å²) in [6.45, 7) is 3.54. The Kier molecular flexibility index (Phi) is 4.83. The average molecular weight is 369 g/mol. The van der Waals surface area contributed by atoms with E-state index in [4.69, 9.17) is 0 Å². The van der Waals surface area contributed by atoms with E-state index in [-0.39, 0.29) is 29.6 Å². The Hall–Kier alpha value is -1.59. The molecule has 1 aliphatic heterocycles. The minimum absolute atomic E-state index is 0.126. The lowest BCUT2D eigenvalue weighted by atomic mass is 10.2. The molecule has 1 saturated heterocycles. The molecule has 1 amide bonds. The zero-order valence-corrected chi connectivity index (χ0v) is 14.9. The summed E-state index contributed by atoms with van der Waals surface area (Å²) in [4.78, 5) is 16.3. The van der Waals surface area contributed by atoms with Crippen molar-refractivity contribution in [2.24, 2.45) is 0 Å². The first-order valence-electron chi connectivity index (χ1n) is 7.51. The van der Waals surface area contributed by atoms with Gasteiger partial charge in [0.05, 0.1) is 32.8 Å². The lowest BCUT2D eigenvalue weighted by Crippen LogP contribution is -2.47. The Morgan fingerprint density at radius 3 is 2.92 bits per heavy atom. The van der Waals surface area contributed by atoms with E-state index in [1.54, 1.807) is 12.1 Å². The molecule has 3 rings (SSSR count). The molecule has 2 atom stereocenters. The Balaban J connectivity index is 1.63. The molecule has 2 heterocycles. The fourth-order valence-corrected chi connectivity index (χ4v) is 4.43. The molecule has 24 heavy (non-hydrogen) atoms. The fourth-order valence-electron chi connectivity index (χ4n) is 2.49. The topological polar surface area (TPSA) is 112 Å². The van der Waals surface area contributed by atoms with Gasteiger partial charge in [0, 0.05) is 6.04 Å². The van der Waals surface area contributed by atoms with Gasteiger partial charge in [-0.2, -0.15) is 0 Å². The Bertz CT molecular complexity index is 864. The third-order valence-corrected chi connectivity index (χ3v) is 5.96. The van der Waals surface area contributed by atoms with Crippen molar-refractivity contribution in [3.8, 4) is 0 Å². The number of thiazole rings is 1. The van der Waals surface area contributed by atoms with Crippen molar-refractivity contribution in [3.63, 3.8) is 0 Å². The minimum atomic E-state index is -3.75. The molecule has 4 N–H and O–H groups in total. The number of sulfonamides is 1. The molecule has 2 unspecified atom stereocenters. The number of amides is 1. The summed E-state index contributed by atoms with van der Waals surface area (Å²) >= 11 is 1.43. The number of carbonyl (C=O) groups excluding carboxylic acids is 1. The summed E-state index contributed by atoms with van der Waals surface area (Å²) in [5, 5.41) is 3.59. The predicted molar refractivity (Wildman–Crippen MR) is 91.8 cm³/mol. The molecule has 0 bridgehead atoms. The highest BCUT2D eigenvalue weighted by Crippen LogP contribution is 2.24. The van der Waals surface area contributed by atoms with Crippen molar-refractivity contribution in [2.75, 3.05) is 6.54 Å². The van der Waals surface area contributed by atoms with Crippen molar-refractivity contribution in [3.05, 3.63) is 23.2 Å². The van der Waals surface area contributed by atoms with Gasteiger partial charge in [-0.3, -0.25) is 10.2 Å². The Labute approximate surface area is 144 Å². The third kappa shape index (κ3) is 3.90. The van der Waals surface area contributed by atoms with Crippen molar-refractivity contribution in [2.45, 2.75) is 37.4 Å². The van der Waals surface area contributed by atoms with Crippen molar-refractivity contribution in [1.29, 1.82) is 0 Å². The number of hydrogen-bond donors (Lipinski definition) is 4. The number of benzene rings is 1. The lowest BCUT2D eigenvalue weighted by Gasteiger charge is -2.12. The van der Waals surface area contributed by atoms with E-state index in [9.17, 15) is 13.2 Å². The number of fused-ring (bicyclic) bond motifs is 1. The van der Waals surface area contributed by atoms with Crippen LogP contribution in [0.3, 0.4) is 0 Å². The third-order valence-electron chi connectivity index (χ3n) is 3.63. The van der Waals surface area contributed by atoms with Crippen molar-refractivity contribution >= 4 is 37.5 Å². The van der Waals surface area contributed by atoms with E-state index in [1.165, 1.54) is 17.4 Å². The van der Waals surface area contributed by atoms with Crippen LogP contribution < -0.4 is 20.9 Å². The first-order valence-corrected chi connectivity index (χ1v) is 9.81. The van der Waals surface area contributed by atoms with Crippen LogP contribution in [-0.2, 0) is 14.8 Å². The van der Waals surface area contributed by atoms with Crippen LogP contribution in [0, 0.1) is 6.92 Å². The predicted octanol–water partition coefficient (Wildman–Crippen LogP) is 0.212. The van der Waals surface area contributed by atoms with Crippen LogP contribution >= 0.6 is 11.3 Å². The minimum Gasteiger partial charge on any atom is -0.338 e. The van der Waals surface area contributed by atoms with Crippen LogP contribution in [0.1, 0.15) is 18.4 Å². The Morgan fingerprint density at radius 1 is 1.42 bits per heavy atom. The summed E-state index contributed by atoms with van der Waals surface area (Å²) in [6, 6.07) is 4.99. The van der Waals surface area contributed by atoms with Gasteiger partial charge in [0.2, 0.25) is 15.9 Å². The maximum absolute atomic E-state index is 12.3. The molecule has 130 valence electrons. The van der Waals surface area contributed by atoms with Crippen LogP contribution in [-0.4, -0.2) is 38.1 Å². The second-order valence-corrected chi connectivity index (χ2v) is 8.73. The largest absolute Gasteiger partial charge is 0.338 e. The van der Waals surface area contributed by atoms with Gasteiger partial charge in [-0.25, -0.2) is 23.5 Å². The van der Waals surface area contributed by atoms with E-state index < -0.39 is 10.0 Å². The fraction of sp³-hybridized carbons (Fsp3) is 0.429. The highest BCUT2D eigenvalue weighted by molar-refractivity contribution is 7.89. The van der Waals surface area contributed by atoms with Gasteiger partial charge in [-0.15, -0.1) is 11.3 Å². The maximum Gasteiger partial charge on any atom is 0.241 e. The quantitative estimate of drug-likeness (QED) is 0.599. The summed E-state index contributed by atoms with van der Waals surface area (Å²) in [5.74, 6) is -0.387. The van der Waals surface area contributed by atoms with Crippen LogP contribution in [0.25, 0.3) is 10.2 Å². The van der Waals surface area contributed by atoms with Gasteiger partial charge in [0.1, 0.15) is 0 Å². The molecule has 1 aliphatic rings. The van der Waals surface area contributed by atoms with E-state index in [1.807, 2.05) is 13.8 Å². The highest BCUT2D eigenvalue weighted by Gasteiger charge is 2.22. The van der Waals surface area contributed by atoms with Gasteiger partial charge >= 0.3 is 0 Å².